The predicted octanol–water partition coefficient (Wildman–Crippen LogP) is 23.9. The first-order chi connectivity index (χ1) is 42.7. The van der Waals surface area contributed by atoms with Gasteiger partial charge in [-0.1, -0.05) is 220 Å². The molecule has 0 aliphatic heterocycles. The Bertz CT molecular complexity index is 4400. The van der Waals surface area contributed by atoms with Gasteiger partial charge in [-0.15, -0.1) is 0 Å². The van der Waals surface area contributed by atoms with Crippen molar-refractivity contribution in [3.8, 4) is 11.1 Å². The lowest BCUT2D eigenvalue weighted by Gasteiger charge is -2.37. The van der Waals surface area contributed by atoms with E-state index in [1.807, 2.05) is 0 Å². The van der Waals surface area contributed by atoms with Crippen molar-refractivity contribution in [2.75, 3.05) is 9.80 Å². The molecule has 17 rings (SSSR count). The normalized spacial score (nSPS) is 21.5. The summed E-state index contributed by atoms with van der Waals surface area (Å²) in [5, 5.41) is 5.95. The smallest absolute Gasteiger partial charge is 0.0563 e. The van der Waals surface area contributed by atoms with Crippen molar-refractivity contribution in [2.24, 2.45) is 0 Å². The van der Waals surface area contributed by atoms with E-state index in [1.165, 1.54) is 192 Å². The summed E-state index contributed by atoms with van der Waals surface area (Å²) in [5.74, 6) is 0.975. The Kier molecular flexibility index (Phi) is 12.3. The van der Waals surface area contributed by atoms with Crippen LogP contribution in [0.4, 0.5) is 28.4 Å². The molecule has 88 heavy (non-hydrogen) atoms. The number of allylic oxidation sites excluding steroid dienone is 10. The molecule has 8 aromatic carbocycles. The van der Waals surface area contributed by atoms with Gasteiger partial charge in [-0.2, -0.15) is 0 Å². The van der Waals surface area contributed by atoms with E-state index < -0.39 is 0 Å². The molecule has 440 valence electrons. The van der Waals surface area contributed by atoms with Gasteiger partial charge in [0.15, 0.2) is 0 Å². The van der Waals surface area contributed by atoms with E-state index in [2.05, 4.69) is 241 Å². The summed E-state index contributed by atoms with van der Waals surface area (Å²) < 4.78 is 0. The highest BCUT2D eigenvalue weighted by atomic mass is 15.2. The first-order valence-corrected chi connectivity index (χ1v) is 34.2. The van der Waals surface area contributed by atoms with Crippen LogP contribution in [0.5, 0.6) is 0 Å². The van der Waals surface area contributed by atoms with Gasteiger partial charge in [0, 0.05) is 50.1 Å². The minimum absolute atomic E-state index is 0.0464. The lowest BCUT2D eigenvalue weighted by Crippen LogP contribution is -2.32. The maximum Gasteiger partial charge on any atom is 0.0563 e. The average Bonchev–Trinajstić information content (AvgIpc) is 1.33. The Hall–Kier alpha value is -7.68. The number of nitrogens with zero attached hydrogens (tertiary/aromatic N) is 2. The largest absolute Gasteiger partial charge is 0.334 e. The van der Waals surface area contributed by atoms with Gasteiger partial charge in [-0.05, 0) is 241 Å². The third-order valence-corrected chi connectivity index (χ3v) is 24.0. The molecule has 2 saturated carbocycles. The topological polar surface area (TPSA) is 6.48 Å². The number of benzene rings is 8. The lowest BCUT2D eigenvalue weighted by atomic mass is 9.74. The molecule has 1 unspecified atom stereocenters. The highest BCUT2D eigenvalue weighted by Gasteiger charge is 2.44. The monoisotopic (exact) mass is 1150 g/mol. The third-order valence-electron chi connectivity index (χ3n) is 24.0. The molecule has 0 heterocycles. The molecule has 0 aromatic heterocycles. The first-order valence-electron chi connectivity index (χ1n) is 34.2. The van der Waals surface area contributed by atoms with Crippen LogP contribution in [0.25, 0.3) is 49.4 Å². The van der Waals surface area contributed by atoms with Gasteiger partial charge in [-0.3, -0.25) is 0 Å². The summed E-state index contributed by atoms with van der Waals surface area (Å²) >= 11 is 0. The number of fused-ring (bicyclic) bond motifs is 12. The van der Waals surface area contributed by atoms with Crippen LogP contribution in [0.1, 0.15) is 219 Å². The van der Waals surface area contributed by atoms with E-state index in [9.17, 15) is 0 Å². The second kappa shape index (κ2) is 19.9. The van der Waals surface area contributed by atoms with E-state index in [0.717, 1.165) is 32.1 Å². The van der Waals surface area contributed by atoms with Crippen LogP contribution < -0.4 is 9.80 Å². The fourth-order valence-electron chi connectivity index (χ4n) is 19.4. The van der Waals surface area contributed by atoms with Crippen LogP contribution >= 0.6 is 0 Å². The van der Waals surface area contributed by atoms with Crippen LogP contribution in [-0.2, 0) is 21.7 Å². The zero-order chi connectivity index (χ0) is 59.6. The minimum atomic E-state index is -0.120. The summed E-state index contributed by atoms with van der Waals surface area (Å²) in [4.78, 5) is 5.45. The Balaban J connectivity index is 0.900. The average molecular weight is 1150 g/mol. The van der Waals surface area contributed by atoms with E-state index in [1.54, 1.807) is 22.3 Å². The van der Waals surface area contributed by atoms with Gasteiger partial charge in [0.05, 0.1) is 6.04 Å². The summed E-state index contributed by atoms with van der Waals surface area (Å²) in [6.07, 6.45) is 33.1. The first kappa shape index (κ1) is 54.5. The number of rotatable bonds is 8. The second-order valence-electron chi connectivity index (χ2n) is 30.1. The van der Waals surface area contributed by atoms with Crippen LogP contribution in [0.3, 0.4) is 0 Å². The molecule has 9 aliphatic carbocycles. The van der Waals surface area contributed by atoms with Crippen molar-refractivity contribution in [3.05, 3.63) is 248 Å². The molecule has 2 fully saturated rings. The zero-order valence-corrected chi connectivity index (χ0v) is 53.5. The molecule has 0 amide bonds. The molecule has 1 atom stereocenters. The molecule has 8 aromatic rings. The fraction of sp³-hybridized carbons (Fsp3) is 0.349. The van der Waals surface area contributed by atoms with Crippen molar-refractivity contribution in [1.29, 1.82) is 0 Å². The van der Waals surface area contributed by atoms with Crippen molar-refractivity contribution in [3.63, 3.8) is 0 Å². The Morgan fingerprint density at radius 2 is 0.830 bits per heavy atom. The quantitative estimate of drug-likeness (QED) is 0.140. The number of anilines is 5. The fourth-order valence-corrected chi connectivity index (χ4v) is 19.4. The maximum atomic E-state index is 2.78. The SMILES string of the molecule is CC1(C)C2=CC(N(c3ccc4c(c3)C(C)(C)c3ccccc3-4)c3ccc4c(C5CCCCC5)c5ccc(N(c6ccc7c(c6)C(C)(C)C6=C7C=CCC6)c6ccc7c(c6)C(C)(C)C6=C7C=CCC6)cc5c(C5CCCCC5)c4c3)CC=C2c2ccccc21. The molecule has 0 radical (unpaired) electrons. The standard InChI is InChI=1S/C86H86N2/c1-83(2)73-31-19-15-27-61(73)65-41-35-57(49-77(65)83)87(58-36-42-66-62-28-16-20-32-74(62)84(3,4)78(66)50-58)55-39-45-69-71(47-55)82(54-25-13-10-14-26-54)72-48-56(40-46-70(72)81(69)53-23-11-9-12-24-53)88(59-37-43-67-63-29-17-21-33-75(63)85(5,6)79(67)51-59)60-38-44-68-64-30-18-22-34-76(64)86(7,8)80(68)52-60/h15-20,27-32,35,37-54,58H,9-14,21-26,33-34,36H2,1-8H3. The highest BCUT2D eigenvalue weighted by Crippen LogP contribution is 2.58. The van der Waals surface area contributed by atoms with Crippen molar-refractivity contribution < 1.29 is 0 Å². The molecule has 2 heteroatoms. The molecule has 0 N–H and O–H groups in total. The van der Waals surface area contributed by atoms with Crippen molar-refractivity contribution in [1.82, 2.24) is 0 Å². The van der Waals surface area contributed by atoms with Crippen LogP contribution in [0.15, 0.2) is 193 Å². The molecule has 9 aliphatic rings. The maximum absolute atomic E-state index is 2.78. The van der Waals surface area contributed by atoms with E-state index >= 15 is 0 Å². The summed E-state index contributed by atoms with van der Waals surface area (Å²) in [6, 6.07) is 56.8. The van der Waals surface area contributed by atoms with Gasteiger partial charge in [0.25, 0.3) is 0 Å². The lowest BCUT2D eigenvalue weighted by molar-refractivity contribution is 0.445. The summed E-state index contributed by atoms with van der Waals surface area (Å²) in [6.45, 7) is 19.8. The Morgan fingerprint density at radius 3 is 1.43 bits per heavy atom. The van der Waals surface area contributed by atoms with Gasteiger partial charge in [0.2, 0.25) is 0 Å². The van der Waals surface area contributed by atoms with E-state index in [0.29, 0.717) is 11.8 Å². The zero-order valence-electron chi connectivity index (χ0n) is 53.5. The molecule has 0 bridgehead atoms. The number of hydrogen-bond donors (Lipinski definition) is 0. The van der Waals surface area contributed by atoms with Gasteiger partial charge < -0.3 is 9.80 Å². The molecule has 0 saturated heterocycles. The highest BCUT2D eigenvalue weighted by molar-refractivity contribution is 6.09. The third kappa shape index (κ3) is 7.97. The van der Waals surface area contributed by atoms with Crippen LogP contribution in [-0.4, -0.2) is 6.04 Å². The van der Waals surface area contributed by atoms with Crippen molar-refractivity contribution in [2.45, 2.75) is 191 Å². The Labute approximate surface area is 524 Å². The van der Waals surface area contributed by atoms with Gasteiger partial charge in [0.1, 0.15) is 0 Å². The molecular formula is C86H86N2. The molecule has 0 spiro atoms. The summed E-state index contributed by atoms with van der Waals surface area (Å²) in [5.41, 5.74) is 32.4. The van der Waals surface area contributed by atoms with Crippen molar-refractivity contribution >= 4 is 66.7 Å². The van der Waals surface area contributed by atoms with Crippen LogP contribution in [0, 0.1) is 0 Å². The van der Waals surface area contributed by atoms with Gasteiger partial charge >= 0.3 is 0 Å². The number of hydrogen-bond acceptors (Lipinski definition) is 2. The second-order valence-corrected chi connectivity index (χ2v) is 30.1. The minimum Gasteiger partial charge on any atom is -0.334 e. The molecule has 2 nitrogen and oxygen atoms in total. The summed E-state index contributed by atoms with van der Waals surface area (Å²) in [7, 11) is 0. The predicted molar refractivity (Wildman–Crippen MR) is 375 cm³/mol. The van der Waals surface area contributed by atoms with E-state index in [-0.39, 0.29) is 27.7 Å². The van der Waals surface area contributed by atoms with Gasteiger partial charge in [-0.25, -0.2) is 0 Å². The van der Waals surface area contributed by atoms with E-state index in [4.69, 9.17) is 0 Å². The Morgan fingerprint density at radius 1 is 0.386 bits per heavy atom. The van der Waals surface area contributed by atoms with Crippen LogP contribution in [0.2, 0.25) is 0 Å². The molecular weight excluding hydrogens is 1060 g/mol.